The van der Waals surface area contributed by atoms with Crippen LogP contribution in [0, 0.1) is 17.0 Å². The van der Waals surface area contributed by atoms with E-state index in [9.17, 15) is 23.2 Å². The number of hydrogen-bond acceptors (Lipinski definition) is 4. The number of nitrogens with zero attached hydrogens (tertiary/aromatic N) is 3. The van der Waals surface area contributed by atoms with Crippen LogP contribution in [0.15, 0.2) is 18.5 Å². The maximum Gasteiger partial charge on any atom is 0.272 e. The first-order chi connectivity index (χ1) is 15.1. The van der Waals surface area contributed by atoms with Gasteiger partial charge >= 0.3 is 0 Å². The molecule has 1 aromatic carbocycles. The maximum absolute atomic E-state index is 13.7. The summed E-state index contributed by atoms with van der Waals surface area (Å²) in [6.45, 7) is 0.360. The summed E-state index contributed by atoms with van der Waals surface area (Å²) in [5.41, 5.74) is 4.74. The molecule has 0 bridgehead atoms. The summed E-state index contributed by atoms with van der Waals surface area (Å²) in [5, 5.41) is -0.0156. The van der Waals surface area contributed by atoms with Crippen molar-refractivity contribution in [2.75, 3.05) is 18.5 Å². The van der Waals surface area contributed by atoms with E-state index in [1.165, 1.54) is 16.1 Å². The number of halogens is 3. The Morgan fingerprint density at radius 1 is 1.25 bits per heavy atom. The molecule has 32 heavy (non-hydrogen) atoms. The van der Waals surface area contributed by atoms with Gasteiger partial charge in [0.15, 0.2) is 17.3 Å². The van der Waals surface area contributed by atoms with Crippen LogP contribution < -0.4 is 10.6 Å². The molecule has 0 radical (unpaired) electrons. The van der Waals surface area contributed by atoms with Crippen LogP contribution in [0.25, 0.3) is 0 Å². The SMILES string of the molecule is CN(C(=O)c1[nH]cnc1C(N)=O)C1CCC2(CC1)CCN(c1cc(F)c(F)cc1Cl)C2=O. The van der Waals surface area contributed by atoms with Gasteiger partial charge in [-0.3, -0.25) is 14.4 Å². The second kappa shape index (κ2) is 8.16. The Hall–Kier alpha value is -3.01. The summed E-state index contributed by atoms with van der Waals surface area (Å²) in [6.07, 6.45) is 4.04. The Balaban J connectivity index is 1.46. The van der Waals surface area contributed by atoms with Gasteiger partial charge in [0.05, 0.1) is 22.5 Å². The highest BCUT2D eigenvalue weighted by Gasteiger charge is 2.50. The topological polar surface area (TPSA) is 112 Å². The molecular weight excluding hydrogens is 444 g/mol. The molecular formula is C21H22ClF2N5O3. The van der Waals surface area contributed by atoms with Crippen molar-refractivity contribution in [2.45, 2.75) is 38.1 Å². The van der Waals surface area contributed by atoms with Crippen LogP contribution in [0.3, 0.4) is 0 Å². The van der Waals surface area contributed by atoms with Crippen molar-refractivity contribution in [3.63, 3.8) is 0 Å². The van der Waals surface area contributed by atoms with E-state index in [0.717, 1.165) is 12.1 Å². The minimum atomic E-state index is -1.06. The van der Waals surface area contributed by atoms with Crippen molar-refractivity contribution in [3.05, 3.63) is 46.5 Å². The quantitative estimate of drug-likeness (QED) is 0.676. The van der Waals surface area contributed by atoms with Gasteiger partial charge in [0.1, 0.15) is 5.69 Å². The molecule has 3 amide bonds. The lowest BCUT2D eigenvalue weighted by Crippen LogP contribution is -2.45. The highest BCUT2D eigenvalue weighted by molar-refractivity contribution is 6.34. The molecule has 1 saturated heterocycles. The second-order valence-electron chi connectivity index (χ2n) is 8.34. The summed E-state index contributed by atoms with van der Waals surface area (Å²) >= 11 is 6.07. The van der Waals surface area contributed by atoms with Crippen molar-refractivity contribution in [1.29, 1.82) is 0 Å². The summed E-state index contributed by atoms with van der Waals surface area (Å²) in [4.78, 5) is 47.0. The number of hydrogen-bond donors (Lipinski definition) is 2. The predicted octanol–water partition coefficient (Wildman–Crippen LogP) is 2.88. The number of amides is 3. The number of nitrogens with two attached hydrogens (primary N) is 1. The van der Waals surface area contributed by atoms with E-state index in [1.807, 2.05) is 0 Å². The number of carbonyl (C=O) groups is 3. The van der Waals surface area contributed by atoms with Crippen LogP contribution in [-0.4, -0.2) is 52.2 Å². The van der Waals surface area contributed by atoms with Crippen molar-refractivity contribution in [3.8, 4) is 0 Å². The third-order valence-corrected chi connectivity index (χ3v) is 6.96. The number of rotatable bonds is 4. The van der Waals surface area contributed by atoms with Gasteiger partial charge in [-0.25, -0.2) is 13.8 Å². The molecule has 1 aromatic heterocycles. The zero-order valence-corrected chi connectivity index (χ0v) is 18.1. The summed E-state index contributed by atoms with van der Waals surface area (Å²) in [5.74, 6) is -3.48. The number of primary amides is 1. The second-order valence-corrected chi connectivity index (χ2v) is 8.75. The van der Waals surface area contributed by atoms with Gasteiger partial charge in [-0.05, 0) is 38.2 Å². The average molecular weight is 466 g/mol. The minimum Gasteiger partial charge on any atom is -0.364 e. The third-order valence-electron chi connectivity index (χ3n) is 6.66. The molecule has 3 N–H and O–H groups in total. The highest BCUT2D eigenvalue weighted by atomic mass is 35.5. The van der Waals surface area contributed by atoms with Crippen LogP contribution in [0.2, 0.25) is 5.02 Å². The molecule has 8 nitrogen and oxygen atoms in total. The Bertz CT molecular complexity index is 1100. The molecule has 2 aliphatic rings. The lowest BCUT2D eigenvalue weighted by Gasteiger charge is -2.39. The first-order valence-electron chi connectivity index (χ1n) is 10.2. The van der Waals surface area contributed by atoms with Gasteiger partial charge < -0.3 is 20.5 Å². The number of aromatic nitrogens is 2. The smallest absolute Gasteiger partial charge is 0.272 e. The van der Waals surface area contributed by atoms with Crippen LogP contribution in [0.4, 0.5) is 14.5 Å². The van der Waals surface area contributed by atoms with Gasteiger partial charge in [-0.1, -0.05) is 11.6 Å². The zero-order valence-electron chi connectivity index (χ0n) is 17.3. The summed E-state index contributed by atoms with van der Waals surface area (Å²) in [6, 6.07) is 1.69. The number of nitrogens with one attached hydrogen (secondary N) is 1. The molecule has 2 fully saturated rings. The van der Waals surface area contributed by atoms with E-state index in [1.54, 1.807) is 7.05 Å². The summed E-state index contributed by atoms with van der Waals surface area (Å²) < 4.78 is 27.2. The van der Waals surface area contributed by atoms with E-state index in [-0.39, 0.29) is 34.0 Å². The lowest BCUT2D eigenvalue weighted by molar-refractivity contribution is -0.127. The third kappa shape index (κ3) is 3.62. The van der Waals surface area contributed by atoms with Crippen LogP contribution >= 0.6 is 11.6 Å². The van der Waals surface area contributed by atoms with E-state index >= 15 is 0 Å². The largest absolute Gasteiger partial charge is 0.364 e. The van der Waals surface area contributed by atoms with E-state index < -0.39 is 28.9 Å². The maximum atomic E-state index is 13.7. The zero-order chi connectivity index (χ0) is 23.2. The van der Waals surface area contributed by atoms with E-state index in [0.29, 0.717) is 38.6 Å². The normalized spacial score (nSPS) is 23.1. The number of imidazole rings is 1. The van der Waals surface area contributed by atoms with Gasteiger partial charge in [0.25, 0.3) is 11.8 Å². The number of carbonyl (C=O) groups excluding carboxylic acids is 3. The fraction of sp³-hybridized carbons (Fsp3) is 0.429. The Morgan fingerprint density at radius 3 is 2.56 bits per heavy atom. The number of aromatic amines is 1. The number of benzene rings is 1. The molecule has 2 aromatic rings. The fourth-order valence-corrected chi connectivity index (χ4v) is 5.01. The lowest BCUT2D eigenvalue weighted by atomic mass is 9.71. The van der Waals surface area contributed by atoms with Crippen molar-refractivity contribution in [1.82, 2.24) is 14.9 Å². The van der Waals surface area contributed by atoms with E-state index in [4.69, 9.17) is 17.3 Å². The minimum absolute atomic E-state index is 0.0156. The van der Waals surface area contributed by atoms with Crippen LogP contribution in [-0.2, 0) is 4.79 Å². The van der Waals surface area contributed by atoms with Gasteiger partial charge in [0.2, 0.25) is 5.91 Å². The molecule has 11 heteroatoms. The summed E-state index contributed by atoms with van der Waals surface area (Å²) in [7, 11) is 1.64. The molecule has 1 aliphatic carbocycles. The Morgan fingerprint density at radius 2 is 1.91 bits per heavy atom. The van der Waals surface area contributed by atoms with Gasteiger partial charge in [0, 0.05) is 25.7 Å². The molecule has 1 saturated carbocycles. The van der Waals surface area contributed by atoms with E-state index in [2.05, 4.69) is 9.97 Å². The van der Waals surface area contributed by atoms with Crippen molar-refractivity contribution in [2.24, 2.45) is 11.1 Å². The monoisotopic (exact) mass is 465 g/mol. The van der Waals surface area contributed by atoms with Gasteiger partial charge in [-0.15, -0.1) is 0 Å². The number of anilines is 1. The Labute approximate surface area is 187 Å². The fourth-order valence-electron chi connectivity index (χ4n) is 4.76. The van der Waals surface area contributed by atoms with Crippen molar-refractivity contribution >= 4 is 35.0 Å². The van der Waals surface area contributed by atoms with Crippen molar-refractivity contribution < 1.29 is 23.2 Å². The standard InChI is InChI=1S/C21H22ClF2N5O3/c1-28(19(31)17-16(18(25)30)26-10-27-17)11-2-4-21(5-3-11)6-7-29(20(21)32)15-9-14(24)13(23)8-12(15)22/h8-11H,2-7H2,1H3,(H2,25,30)(H,26,27). The molecule has 4 rings (SSSR count). The molecule has 0 atom stereocenters. The van der Waals surface area contributed by atoms with Crippen LogP contribution in [0.1, 0.15) is 53.1 Å². The Kier molecular flexibility index (Phi) is 5.66. The molecule has 0 unspecified atom stereocenters. The van der Waals surface area contributed by atoms with Crippen LogP contribution in [0.5, 0.6) is 0 Å². The predicted molar refractivity (Wildman–Crippen MR) is 112 cm³/mol. The highest BCUT2D eigenvalue weighted by Crippen LogP contribution is 2.47. The molecule has 2 heterocycles. The first kappa shape index (κ1) is 22.2. The molecule has 170 valence electrons. The molecule has 1 spiro atoms. The van der Waals surface area contributed by atoms with Gasteiger partial charge in [-0.2, -0.15) is 0 Å². The molecule has 1 aliphatic heterocycles. The average Bonchev–Trinajstić information content (AvgIpc) is 3.37. The number of H-pyrrole nitrogens is 1. The first-order valence-corrected chi connectivity index (χ1v) is 10.6.